The molecular weight excluding hydrogens is 401 g/mol. The van der Waals surface area contributed by atoms with Crippen molar-refractivity contribution in [3.63, 3.8) is 0 Å². The standard InChI is InChI=1S/C13H10BrF3N2O3S/c1-19(21-2)11(20)9-10(14)18-12(23-9)22-8-5-3-7(4-6-8)13(15,16)17/h3-6H,1-2H3. The van der Waals surface area contributed by atoms with E-state index in [0.29, 0.717) is 0 Å². The number of benzene rings is 1. The molecular formula is C13H10BrF3N2O3S. The summed E-state index contributed by atoms with van der Waals surface area (Å²) in [6.45, 7) is 0. The fourth-order valence-corrected chi connectivity index (χ4v) is 2.98. The summed E-state index contributed by atoms with van der Waals surface area (Å²) in [6, 6.07) is 4.17. The summed E-state index contributed by atoms with van der Waals surface area (Å²) in [4.78, 5) is 21.0. The van der Waals surface area contributed by atoms with E-state index in [9.17, 15) is 18.0 Å². The molecule has 0 N–H and O–H groups in total. The second-order valence-corrected chi connectivity index (χ2v) is 5.92. The van der Waals surface area contributed by atoms with Crippen molar-refractivity contribution in [3.8, 4) is 10.9 Å². The second kappa shape index (κ2) is 6.85. The normalized spacial score (nSPS) is 11.4. The van der Waals surface area contributed by atoms with Crippen LogP contribution in [-0.2, 0) is 11.0 Å². The Morgan fingerprint density at radius 1 is 1.30 bits per heavy atom. The van der Waals surface area contributed by atoms with E-state index in [1.54, 1.807) is 0 Å². The van der Waals surface area contributed by atoms with E-state index in [2.05, 4.69) is 20.9 Å². The van der Waals surface area contributed by atoms with Gasteiger partial charge in [-0.1, -0.05) is 11.3 Å². The Bertz CT molecular complexity index is 703. The van der Waals surface area contributed by atoms with Crippen LogP contribution in [0.25, 0.3) is 0 Å². The quantitative estimate of drug-likeness (QED) is 0.703. The van der Waals surface area contributed by atoms with Crippen LogP contribution in [0.4, 0.5) is 13.2 Å². The highest BCUT2D eigenvalue weighted by Gasteiger charge is 2.30. The van der Waals surface area contributed by atoms with Crippen molar-refractivity contribution in [2.24, 2.45) is 0 Å². The number of hydrogen-bond acceptors (Lipinski definition) is 5. The Hall–Kier alpha value is -1.65. The summed E-state index contributed by atoms with van der Waals surface area (Å²) in [6.07, 6.45) is -4.41. The summed E-state index contributed by atoms with van der Waals surface area (Å²) < 4.78 is 43.1. The molecule has 124 valence electrons. The topological polar surface area (TPSA) is 51.7 Å². The summed E-state index contributed by atoms with van der Waals surface area (Å²) >= 11 is 4.08. The van der Waals surface area contributed by atoms with Crippen molar-refractivity contribution >= 4 is 33.2 Å². The Morgan fingerprint density at radius 2 is 1.91 bits per heavy atom. The third kappa shape index (κ3) is 4.21. The number of hydrogen-bond donors (Lipinski definition) is 0. The van der Waals surface area contributed by atoms with Gasteiger partial charge in [0.05, 0.1) is 12.7 Å². The van der Waals surface area contributed by atoms with Crippen molar-refractivity contribution in [2.75, 3.05) is 14.2 Å². The van der Waals surface area contributed by atoms with Gasteiger partial charge >= 0.3 is 6.18 Å². The fourth-order valence-electron chi connectivity index (χ4n) is 1.50. The number of ether oxygens (including phenoxy) is 1. The van der Waals surface area contributed by atoms with Crippen molar-refractivity contribution in [3.05, 3.63) is 39.3 Å². The molecule has 1 heterocycles. The number of thiazole rings is 1. The first-order chi connectivity index (χ1) is 10.7. The number of rotatable bonds is 4. The lowest BCUT2D eigenvalue weighted by Crippen LogP contribution is -2.24. The highest BCUT2D eigenvalue weighted by molar-refractivity contribution is 9.10. The van der Waals surface area contributed by atoms with E-state index in [0.717, 1.165) is 28.5 Å². The number of amides is 1. The Balaban J connectivity index is 2.17. The molecule has 1 amide bonds. The van der Waals surface area contributed by atoms with Crippen LogP contribution in [0.1, 0.15) is 15.2 Å². The Kier molecular flexibility index (Phi) is 5.27. The number of carbonyl (C=O) groups excluding carboxylic acids is 1. The molecule has 1 aromatic heterocycles. The zero-order valence-electron chi connectivity index (χ0n) is 11.8. The van der Waals surface area contributed by atoms with Crippen LogP contribution in [0.3, 0.4) is 0 Å². The van der Waals surface area contributed by atoms with Gasteiger partial charge in [-0.25, -0.2) is 5.06 Å². The highest BCUT2D eigenvalue weighted by atomic mass is 79.9. The summed E-state index contributed by atoms with van der Waals surface area (Å²) in [7, 11) is 2.78. The van der Waals surface area contributed by atoms with Gasteiger partial charge in [0, 0.05) is 7.05 Å². The van der Waals surface area contributed by atoms with E-state index in [-0.39, 0.29) is 20.4 Å². The average molecular weight is 411 g/mol. The van der Waals surface area contributed by atoms with Crippen molar-refractivity contribution in [1.29, 1.82) is 0 Å². The van der Waals surface area contributed by atoms with E-state index in [4.69, 9.17) is 9.57 Å². The summed E-state index contributed by atoms with van der Waals surface area (Å²) in [5.74, 6) is -0.252. The van der Waals surface area contributed by atoms with Crippen molar-refractivity contribution in [1.82, 2.24) is 10.0 Å². The van der Waals surface area contributed by atoms with Gasteiger partial charge in [0.1, 0.15) is 15.2 Å². The molecule has 0 spiro atoms. The monoisotopic (exact) mass is 410 g/mol. The molecule has 0 fully saturated rings. The van der Waals surface area contributed by atoms with Gasteiger partial charge in [0.25, 0.3) is 11.1 Å². The minimum atomic E-state index is -4.41. The zero-order valence-corrected chi connectivity index (χ0v) is 14.3. The summed E-state index contributed by atoms with van der Waals surface area (Å²) in [5, 5.41) is 1.13. The van der Waals surface area contributed by atoms with Gasteiger partial charge < -0.3 is 4.74 Å². The number of nitrogens with zero attached hydrogens (tertiary/aromatic N) is 2. The second-order valence-electron chi connectivity index (χ2n) is 4.21. The van der Waals surface area contributed by atoms with Crippen molar-refractivity contribution in [2.45, 2.75) is 6.18 Å². The van der Waals surface area contributed by atoms with Crippen LogP contribution in [0, 0.1) is 0 Å². The van der Waals surface area contributed by atoms with Crippen LogP contribution < -0.4 is 4.74 Å². The molecule has 10 heteroatoms. The maximum atomic E-state index is 12.5. The lowest BCUT2D eigenvalue weighted by molar-refractivity contribution is -0.137. The lowest BCUT2D eigenvalue weighted by Gasteiger charge is -2.11. The van der Waals surface area contributed by atoms with Gasteiger partial charge in [-0.2, -0.15) is 18.2 Å². The SMILES string of the molecule is CON(C)C(=O)c1sc(Oc2ccc(C(F)(F)F)cc2)nc1Br. The molecule has 23 heavy (non-hydrogen) atoms. The minimum absolute atomic E-state index is 0.115. The molecule has 0 aliphatic carbocycles. The third-order valence-electron chi connectivity index (χ3n) is 2.71. The Morgan fingerprint density at radius 3 is 2.43 bits per heavy atom. The predicted molar refractivity (Wildman–Crippen MR) is 80.4 cm³/mol. The maximum Gasteiger partial charge on any atom is 0.416 e. The largest absolute Gasteiger partial charge is 0.431 e. The first-order valence-electron chi connectivity index (χ1n) is 6.06. The highest BCUT2D eigenvalue weighted by Crippen LogP contribution is 2.34. The number of alkyl halides is 3. The molecule has 0 aliphatic rings. The Labute approximate surface area is 141 Å². The molecule has 2 rings (SSSR count). The van der Waals surface area contributed by atoms with Crippen molar-refractivity contribution < 1.29 is 27.5 Å². The van der Waals surface area contributed by atoms with Crippen LogP contribution in [0.15, 0.2) is 28.9 Å². The third-order valence-corrected chi connectivity index (χ3v) is 4.46. The molecule has 2 aromatic rings. The maximum absolute atomic E-state index is 12.5. The molecule has 0 aliphatic heterocycles. The van der Waals surface area contributed by atoms with Gasteiger partial charge in [-0.15, -0.1) is 0 Å². The van der Waals surface area contributed by atoms with Gasteiger partial charge in [-0.3, -0.25) is 9.63 Å². The van der Waals surface area contributed by atoms with E-state index < -0.39 is 17.6 Å². The average Bonchev–Trinajstić information content (AvgIpc) is 2.85. The molecule has 1 aromatic carbocycles. The lowest BCUT2D eigenvalue weighted by atomic mass is 10.2. The van der Waals surface area contributed by atoms with Gasteiger partial charge in [0.2, 0.25) is 0 Å². The predicted octanol–water partition coefficient (Wildman–Crippen LogP) is 4.35. The molecule has 0 bridgehead atoms. The first kappa shape index (κ1) is 17.7. The van der Waals surface area contributed by atoms with Crippen LogP contribution >= 0.6 is 27.3 Å². The molecule has 0 saturated heterocycles. The van der Waals surface area contributed by atoms with Gasteiger partial charge in [-0.05, 0) is 40.2 Å². The smallest absolute Gasteiger partial charge is 0.416 e. The molecule has 0 unspecified atom stereocenters. The van der Waals surface area contributed by atoms with E-state index >= 15 is 0 Å². The number of halogens is 4. The van der Waals surface area contributed by atoms with Gasteiger partial charge in [0.15, 0.2) is 0 Å². The fraction of sp³-hybridized carbons (Fsp3) is 0.231. The molecule has 5 nitrogen and oxygen atoms in total. The van der Waals surface area contributed by atoms with Crippen LogP contribution in [0.2, 0.25) is 0 Å². The zero-order chi connectivity index (χ0) is 17.2. The number of carbonyl (C=O) groups is 1. The molecule has 0 atom stereocenters. The molecule has 0 radical (unpaired) electrons. The van der Waals surface area contributed by atoms with Crippen LogP contribution in [0.5, 0.6) is 10.9 Å². The first-order valence-corrected chi connectivity index (χ1v) is 7.67. The van der Waals surface area contributed by atoms with Crippen LogP contribution in [-0.4, -0.2) is 30.1 Å². The number of hydroxylamine groups is 2. The number of aromatic nitrogens is 1. The molecule has 0 saturated carbocycles. The van der Waals surface area contributed by atoms with E-state index in [1.807, 2.05) is 0 Å². The summed E-state index contributed by atoms with van der Waals surface area (Å²) in [5.41, 5.74) is -0.775. The minimum Gasteiger partial charge on any atom is -0.431 e. The van der Waals surface area contributed by atoms with E-state index in [1.165, 1.54) is 26.3 Å².